The summed E-state index contributed by atoms with van der Waals surface area (Å²) in [4.78, 5) is 36.8. The Balaban J connectivity index is 2.21. The van der Waals surface area contributed by atoms with E-state index in [2.05, 4.69) is 19.6 Å². The van der Waals surface area contributed by atoms with Gasteiger partial charge in [-0.05, 0) is 24.7 Å². The van der Waals surface area contributed by atoms with Crippen LogP contribution in [0.1, 0.15) is 168 Å². The van der Waals surface area contributed by atoms with E-state index in [1.165, 1.54) is 96.3 Å². The maximum Gasteiger partial charge on any atom is 0.306 e. The first-order valence-electron chi connectivity index (χ1n) is 18.5. The van der Waals surface area contributed by atoms with Gasteiger partial charge in [0.2, 0.25) is 0 Å². The third-order valence-electron chi connectivity index (χ3n) is 9.03. The molecule has 0 bridgehead atoms. The molecule has 1 aliphatic rings. The van der Waals surface area contributed by atoms with Crippen molar-refractivity contribution in [1.29, 1.82) is 0 Å². The number of hydrogen-bond donors (Lipinski definition) is 1. The number of carbonyl (C=O) groups is 2. The van der Waals surface area contributed by atoms with Gasteiger partial charge in [-0.1, -0.05) is 142 Å². The molecule has 266 valence electrons. The SMILES string of the molecule is CCC(C)CCCCCCCCCCC(=O)O[C@@H](COC(=O)CCCCCCCCCCC1CCC1)COP(=O)([O-])OCC[NH3+]. The van der Waals surface area contributed by atoms with Crippen molar-refractivity contribution in [1.82, 2.24) is 0 Å². The topological polar surface area (TPSA) is 139 Å². The summed E-state index contributed by atoms with van der Waals surface area (Å²) in [6, 6.07) is 0. The molecule has 0 aromatic carbocycles. The summed E-state index contributed by atoms with van der Waals surface area (Å²) in [6.07, 6.45) is 26.0. The largest absolute Gasteiger partial charge is 0.756 e. The van der Waals surface area contributed by atoms with E-state index in [0.717, 1.165) is 50.4 Å². The van der Waals surface area contributed by atoms with Gasteiger partial charge in [-0.15, -0.1) is 0 Å². The Labute approximate surface area is 275 Å². The first-order chi connectivity index (χ1) is 21.8. The van der Waals surface area contributed by atoms with Gasteiger partial charge in [0.1, 0.15) is 13.2 Å². The maximum atomic E-state index is 12.5. The van der Waals surface area contributed by atoms with Crippen LogP contribution in [0.4, 0.5) is 0 Å². The minimum Gasteiger partial charge on any atom is -0.756 e. The van der Waals surface area contributed by atoms with Crippen molar-refractivity contribution in [2.45, 2.75) is 174 Å². The average Bonchev–Trinajstić information content (AvgIpc) is 3.00. The minimum absolute atomic E-state index is 0.0985. The van der Waals surface area contributed by atoms with Crippen LogP contribution in [0.25, 0.3) is 0 Å². The molecule has 0 aromatic rings. The van der Waals surface area contributed by atoms with Gasteiger partial charge in [0.25, 0.3) is 7.82 Å². The highest BCUT2D eigenvalue weighted by molar-refractivity contribution is 7.45. The molecule has 9 nitrogen and oxygen atoms in total. The number of phosphoric acid groups is 1. The summed E-state index contributed by atoms with van der Waals surface area (Å²) in [5, 5.41) is 0. The summed E-state index contributed by atoms with van der Waals surface area (Å²) in [7, 11) is -4.57. The highest BCUT2D eigenvalue weighted by Gasteiger charge is 2.21. The van der Waals surface area contributed by atoms with Crippen molar-refractivity contribution in [3.8, 4) is 0 Å². The van der Waals surface area contributed by atoms with Crippen LogP contribution in [0.2, 0.25) is 0 Å². The number of phosphoric ester groups is 1. The summed E-state index contributed by atoms with van der Waals surface area (Å²) in [5.41, 5.74) is 3.54. The third-order valence-corrected chi connectivity index (χ3v) is 10.00. The molecule has 3 atom stereocenters. The molecule has 1 fully saturated rings. The molecule has 45 heavy (non-hydrogen) atoms. The summed E-state index contributed by atoms with van der Waals surface area (Å²) >= 11 is 0. The van der Waals surface area contributed by atoms with Crippen molar-refractivity contribution in [2.75, 3.05) is 26.4 Å². The van der Waals surface area contributed by atoms with Crippen LogP contribution in [0.5, 0.6) is 0 Å². The Morgan fingerprint density at radius 3 is 1.84 bits per heavy atom. The lowest BCUT2D eigenvalue weighted by Crippen LogP contribution is -2.52. The van der Waals surface area contributed by atoms with Crippen LogP contribution in [0, 0.1) is 11.8 Å². The van der Waals surface area contributed by atoms with Gasteiger partial charge in [-0.25, -0.2) is 0 Å². The fourth-order valence-electron chi connectivity index (χ4n) is 5.58. The summed E-state index contributed by atoms with van der Waals surface area (Å²) in [5.74, 6) is 0.997. The second-order valence-electron chi connectivity index (χ2n) is 13.3. The van der Waals surface area contributed by atoms with Gasteiger partial charge in [-0.3, -0.25) is 14.2 Å². The van der Waals surface area contributed by atoms with Crippen molar-refractivity contribution in [2.24, 2.45) is 11.8 Å². The average molecular weight is 662 g/mol. The molecular weight excluding hydrogens is 593 g/mol. The lowest BCUT2D eigenvalue weighted by molar-refractivity contribution is -0.373. The van der Waals surface area contributed by atoms with Gasteiger partial charge >= 0.3 is 11.9 Å². The van der Waals surface area contributed by atoms with Gasteiger partial charge in [0.05, 0.1) is 13.2 Å². The molecule has 0 spiro atoms. The third kappa shape index (κ3) is 25.7. The first-order valence-corrected chi connectivity index (χ1v) is 20.0. The first kappa shape index (κ1) is 42.0. The highest BCUT2D eigenvalue weighted by atomic mass is 31.2. The smallest absolute Gasteiger partial charge is 0.306 e. The molecule has 0 aromatic heterocycles. The second kappa shape index (κ2) is 28.1. The number of ether oxygens (including phenoxy) is 2. The minimum atomic E-state index is -4.57. The van der Waals surface area contributed by atoms with Crippen LogP contribution in [-0.2, 0) is 32.7 Å². The quantitative estimate of drug-likeness (QED) is 0.0437. The van der Waals surface area contributed by atoms with Crippen LogP contribution in [-0.4, -0.2) is 44.4 Å². The Morgan fingerprint density at radius 2 is 1.31 bits per heavy atom. The standard InChI is InChI=1S/C35H68NO8P/c1-3-31(2)21-16-12-8-4-6-11-15-19-26-35(38)44-33(30-43-45(39,40)42-28-27-36)29-41-34(37)25-18-14-10-7-5-9-13-17-22-32-23-20-24-32/h31-33H,3-30,36H2,1-2H3,(H,39,40)/t31?,33-/m0/s1. The van der Waals surface area contributed by atoms with Gasteiger partial charge in [-0.2, -0.15) is 0 Å². The molecule has 0 amide bonds. The number of rotatable bonds is 32. The van der Waals surface area contributed by atoms with Crippen molar-refractivity contribution >= 4 is 19.8 Å². The zero-order valence-electron chi connectivity index (χ0n) is 29.0. The van der Waals surface area contributed by atoms with Crippen LogP contribution >= 0.6 is 7.82 Å². The molecule has 1 aliphatic carbocycles. The lowest BCUT2D eigenvalue weighted by atomic mass is 9.81. The normalized spacial score (nSPS) is 16.1. The number of hydrogen-bond acceptors (Lipinski definition) is 8. The van der Waals surface area contributed by atoms with E-state index >= 15 is 0 Å². The van der Waals surface area contributed by atoms with Crippen molar-refractivity contribution in [3.63, 3.8) is 0 Å². The summed E-state index contributed by atoms with van der Waals surface area (Å²) in [6.45, 7) is 4.02. The Hall–Kier alpha value is -0.990. The van der Waals surface area contributed by atoms with Crippen molar-refractivity contribution in [3.05, 3.63) is 0 Å². The van der Waals surface area contributed by atoms with Crippen LogP contribution < -0.4 is 10.6 Å². The van der Waals surface area contributed by atoms with E-state index in [4.69, 9.17) is 18.5 Å². The van der Waals surface area contributed by atoms with Crippen LogP contribution in [0.15, 0.2) is 0 Å². The molecule has 1 saturated carbocycles. The maximum absolute atomic E-state index is 12.5. The van der Waals surface area contributed by atoms with E-state index in [1.807, 2.05) is 0 Å². The van der Waals surface area contributed by atoms with E-state index in [0.29, 0.717) is 6.42 Å². The molecule has 3 N–H and O–H groups in total. The number of quaternary nitrogens is 1. The Bertz CT molecular complexity index is 779. The predicted molar refractivity (Wildman–Crippen MR) is 177 cm³/mol. The lowest BCUT2D eigenvalue weighted by Gasteiger charge is -2.25. The predicted octanol–water partition coefficient (Wildman–Crippen LogP) is 7.83. The zero-order chi connectivity index (χ0) is 33.0. The van der Waals surface area contributed by atoms with E-state index in [-0.39, 0.29) is 38.6 Å². The van der Waals surface area contributed by atoms with Crippen molar-refractivity contribution < 1.29 is 43.3 Å². The molecule has 0 aliphatic heterocycles. The van der Waals surface area contributed by atoms with Gasteiger partial charge < -0.3 is 29.1 Å². The van der Waals surface area contributed by atoms with Gasteiger partial charge in [0, 0.05) is 12.8 Å². The molecule has 0 saturated heterocycles. The zero-order valence-corrected chi connectivity index (χ0v) is 29.8. The molecular formula is C35H68NO8P. The fourth-order valence-corrected chi connectivity index (χ4v) is 6.35. The van der Waals surface area contributed by atoms with E-state index in [1.54, 1.807) is 0 Å². The molecule has 10 heteroatoms. The Kier molecular flexibility index (Phi) is 26.2. The second-order valence-corrected chi connectivity index (χ2v) is 14.7. The molecule has 0 radical (unpaired) electrons. The summed E-state index contributed by atoms with van der Waals surface area (Å²) < 4.78 is 32.4. The molecule has 0 heterocycles. The molecule has 2 unspecified atom stereocenters. The highest BCUT2D eigenvalue weighted by Crippen LogP contribution is 2.38. The van der Waals surface area contributed by atoms with E-state index in [9.17, 15) is 19.0 Å². The van der Waals surface area contributed by atoms with Crippen LogP contribution in [0.3, 0.4) is 0 Å². The number of esters is 2. The number of carbonyl (C=O) groups excluding carboxylic acids is 2. The molecule has 1 rings (SSSR count). The van der Waals surface area contributed by atoms with Gasteiger partial charge in [0.15, 0.2) is 6.10 Å². The monoisotopic (exact) mass is 661 g/mol. The number of unbranched alkanes of at least 4 members (excludes halogenated alkanes) is 14. The Morgan fingerprint density at radius 1 is 0.778 bits per heavy atom. The van der Waals surface area contributed by atoms with E-state index < -0.39 is 26.5 Å². The fraction of sp³-hybridized carbons (Fsp3) is 0.943.